The third-order valence-electron chi connectivity index (χ3n) is 8.43. The number of carbonyl (C=O) groups is 1. The van der Waals surface area contributed by atoms with Crippen LogP contribution in [0.15, 0.2) is 67.4 Å². The van der Waals surface area contributed by atoms with Crippen molar-refractivity contribution in [1.82, 2.24) is 24.7 Å². The first-order valence-electron chi connectivity index (χ1n) is 14.7. The van der Waals surface area contributed by atoms with E-state index in [0.29, 0.717) is 53.7 Å². The maximum atomic E-state index is 14.1. The molecule has 1 saturated heterocycles. The molecule has 6 rings (SSSR count). The minimum absolute atomic E-state index is 0.0600. The molecule has 1 atom stereocenters. The smallest absolute Gasteiger partial charge is 0.322 e. The second kappa shape index (κ2) is 12.7. The number of rotatable bonds is 8. The normalized spacial score (nSPS) is 17.6. The van der Waals surface area contributed by atoms with Crippen LogP contribution in [0.1, 0.15) is 40.3 Å². The fraction of sp³-hybridized carbons (Fsp3) is 0.333. The number of benzene rings is 2. The summed E-state index contributed by atoms with van der Waals surface area (Å²) in [6.07, 6.45) is 0.790. The van der Waals surface area contributed by atoms with Gasteiger partial charge in [-0.25, -0.2) is 18.6 Å². The fourth-order valence-corrected chi connectivity index (χ4v) is 5.93. The van der Waals surface area contributed by atoms with E-state index in [2.05, 4.69) is 38.7 Å². The zero-order valence-corrected chi connectivity index (χ0v) is 24.6. The molecule has 0 aliphatic carbocycles. The SMILES string of the molecule is C=C[C@@H]1CN(C(=O)Nc2ccc(CN3CCN(C)CC3)c(C(F)F)c2)Cc2cc(Oc3ccnc4[nH]c(CO)cc34)ccc21. The van der Waals surface area contributed by atoms with Crippen LogP contribution in [0.5, 0.6) is 11.5 Å². The molecule has 2 aromatic heterocycles. The Morgan fingerprint density at radius 1 is 1.18 bits per heavy atom. The number of nitrogens with one attached hydrogen (secondary N) is 2. The van der Waals surface area contributed by atoms with E-state index in [4.69, 9.17) is 4.74 Å². The van der Waals surface area contributed by atoms with E-state index in [1.165, 1.54) is 6.07 Å². The first-order chi connectivity index (χ1) is 21.3. The summed E-state index contributed by atoms with van der Waals surface area (Å²) in [5.74, 6) is 1.07. The number of H-pyrrole nitrogens is 1. The van der Waals surface area contributed by atoms with Crippen molar-refractivity contribution in [2.24, 2.45) is 0 Å². The molecule has 0 saturated carbocycles. The van der Waals surface area contributed by atoms with Crippen LogP contribution in [0.25, 0.3) is 11.0 Å². The van der Waals surface area contributed by atoms with Crippen LogP contribution >= 0.6 is 0 Å². The van der Waals surface area contributed by atoms with Crippen molar-refractivity contribution in [1.29, 1.82) is 0 Å². The molecule has 2 amide bonds. The van der Waals surface area contributed by atoms with Crippen molar-refractivity contribution in [2.75, 3.05) is 45.1 Å². The van der Waals surface area contributed by atoms with E-state index in [1.54, 1.807) is 35.4 Å². The number of nitrogens with zero attached hydrogens (tertiary/aromatic N) is 4. The van der Waals surface area contributed by atoms with Gasteiger partial charge in [0.1, 0.15) is 17.1 Å². The van der Waals surface area contributed by atoms with Crippen LogP contribution in [0, 0.1) is 0 Å². The highest BCUT2D eigenvalue weighted by Gasteiger charge is 2.28. The Morgan fingerprint density at radius 3 is 2.75 bits per heavy atom. The van der Waals surface area contributed by atoms with Gasteiger partial charge in [-0.1, -0.05) is 18.2 Å². The van der Waals surface area contributed by atoms with Crippen LogP contribution in [-0.4, -0.2) is 75.6 Å². The van der Waals surface area contributed by atoms with Gasteiger partial charge in [-0.2, -0.15) is 0 Å². The van der Waals surface area contributed by atoms with E-state index in [0.717, 1.165) is 42.7 Å². The number of carbonyl (C=O) groups excluding carboxylic acids is 1. The Kier molecular flexibility index (Phi) is 8.60. The van der Waals surface area contributed by atoms with Crippen LogP contribution in [0.3, 0.4) is 0 Å². The van der Waals surface area contributed by atoms with E-state index in [9.17, 15) is 18.7 Å². The van der Waals surface area contributed by atoms with Crippen LogP contribution < -0.4 is 10.1 Å². The number of aliphatic hydroxyl groups excluding tert-OH is 1. The number of amides is 2. The highest BCUT2D eigenvalue weighted by molar-refractivity contribution is 5.90. The molecule has 4 aromatic rings. The molecule has 0 spiro atoms. The van der Waals surface area contributed by atoms with Crippen LogP contribution in [-0.2, 0) is 19.7 Å². The molecule has 4 heterocycles. The molecule has 2 aliphatic rings. The van der Waals surface area contributed by atoms with Crippen molar-refractivity contribution in [2.45, 2.75) is 32.0 Å². The van der Waals surface area contributed by atoms with Crippen molar-refractivity contribution >= 4 is 22.8 Å². The number of alkyl halides is 2. The summed E-state index contributed by atoms with van der Waals surface area (Å²) >= 11 is 0. The number of anilines is 1. The number of ether oxygens (including phenoxy) is 1. The van der Waals surface area contributed by atoms with Crippen molar-refractivity contribution in [3.8, 4) is 11.5 Å². The van der Waals surface area contributed by atoms with Gasteiger partial charge in [0, 0.05) is 74.9 Å². The number of pyridine rings is 1. The number of fused-ring (bicyclic) bond motifs is 2. The lowest BCUT2D eigenvalue weighted by atomic mass is 9.90. The summed E-state index contributed by atoms with van der Waals surface area (Å²) < 4.78 is 34.4. The molecule has 44 heavy (non-hydrogen) atoms. The van der Waals surface area contributed by atoms with E-state index < -0.39 is 6.43 Å². The maximum Gasteiger partial charge on any atom is 0.322 e. The first kappa shape index (κ1) is 29.7. The number of urea groups is 1. The molecule has 9 nitrogen and oxygen atoms in total. The Hall–Kier alpha value is -4.32. The topological polar surface area (TPSA) is 97.0 Å². The Morgan fingerprint density at radius 2 is 2.00 bits per heavy atom. The standard InChI is InChI=1S/C33H36F2N6O3/c1-3-21-18-41(33(43)38-24-5-4-22(28(15-24)31(34)35)17-40-12-10-39(2)11-13-40)19-23-14-26(6-7-27(21)23)44-30-8-9-36-32-29(30)16-25(20-42)37-32/h3-9,14-16,21,31,42H,1,10-13,17-20H2,2H3,(H,36,37)(H,38,43)/t21-/m1/s1. The lowest BCUT2D eigenvalue weighted by molar-refractivity contribution is 0.136. The van der Waals surface area contributed by atoms with Gasteiger partial charge in [-0.15, -0.1) is 6.58 Å². The Balaban J connectivity index is 1.18. The van der Waals surface area contributed by atoms with Gasteiger partial charge in [-0.05, 0) is 60.1 Å². The summed E-state index contributed by atoms with van der Waals surface area (Å²) in [6, 6.07) is 13.7. The van der Waals surface area contributed by atoms with Crippen molar-refractivity contribution < 1.29 is 23.4 Å². The van der Waals surface area contributed by atoms with Gasteiger partial charge in [0.05, 0.1) is 12.0 Å². The molecule has 0 bridgehead atoms. The van der Waals surface area contributed by atoms with Gasteiger partial charge in [0.15, 0.2) is 0 Å². The second-order valence-electron chi connectivity index (χ2n) is 11.4. The van der Waals surface area contributed by atoms with E-state index in [1.807, 2.05) is 24.3 Å². The summed E-state index contributed by atoms with van der Waals surface area (Å²) in [5.41, 5.74) is 4.05. The minimum Gasteiger partial charge on any atom is -0.457 e. The number of piperazine rings is 1. The average molecular weight is 603 g/mol. The maximum absolute atomic E-state index is 14.1. The molecule has 0 unspecified atom stereocenters. The molecular formula is C33H36F2N6O3. The Labute approximate surface area is 254 Å². The molecule has 1 fully saturated rings. The number of aromatic nitrogens is 2. The highest BCUT2D eigenvalue weighted by atomic mass is 19.3. The summed E-state index contributed by atoms with van der Waals surface area (Å²) in [5, 5.41) is 13.1. The number of halogens is 2. The first-order valence-corrected chi connectivity index (χ1v) is 14.7. The zero-order chi connectivity index (χ0) is 30.8. The van der Waals surface area contributed by atoms with Crippen molar-refractivity contribution in [3.05, 3.63) is 95.3 Å². The number of aromatic amines is 1. The van der Waals surface area contributed by atoms with Gasteiger partial charge < -0.3 is 29.9 Å². The molecule has 11 heteroatoms. The summed E-state index contributed by atoms with van der Waals surface area (Å²) in [6.45, 7) is 8.48. The highest BCUT2D eigenvalue weighted by Crippen LogP contribution is 2.35. The van der Waals surface area contributed by atoms with Gasteiger partial charge in [0.25, 0.3) is 6.43 Å². The number of likely N-dealkylation sites (N-methyl/N-ethyl adjacent to an activating group) is 1. The third kappa shape index (κ3) is 6.30. The number of aliphatic hydroxyl groups is 1. The lowest BCUT2D eigenvalue weighted by Crippen LogP contribution is -2.44. The van der Waals surface area contributed by atoms with Crippen LogP contribution in [0.4, 0.5) is 19.3 Å². The molecular weight excluding hydrogens is 566 g/mol. The predicted octanol–water partition coefficient (Wildman–Crippen LogP) is 5.85. The average Bonchev–Trinajstić information content (AvgIpc) is 3.47. The fourth-order valence-electron chi connectivity index (χ4n) is 5.93. The second-order valence-corrected chi connectivity index (χ2v) is 11.4. The van der Waals surface area contributed by atoms with Crippen LogP contribution in [0.2, 0.25) is 0 Å². The molecule has 3 N–H and O–H groups in total. The third-order valence-corrected chi connectivity index (χ3v) is 8.43. The largest absolute Gasteiger partial charge is 0.457 e. The number of hydrogen-bond donors (Lipinski definition) is 3. The Bertz CT molecular complexity index is 1670. The zero-order valence-electron chi connectivity index (χ0n) is 24.6. The van der Waals surface area contributed by atoms with Gasteiger partial charge in [0.2, 0.25) is 0 Å². The monoisotopic (exact) mass is 602 g/mol. The molecule has 0 radical (unpaired) electrons. The molecule has 2 aromatic carbocycles. The van der Waals surface area contributed by atoms with Crippen molar-refractivity contribution in [3.63, 3.8) is 0 Å². The molecule has 230 valence electrons. The number of hydrogen-bond acceptors (Lipinski definition) is 6. The minimum atomic E-state index is -2.65. The van der Waals surface area contributed by atoms with E-state index >= 15 is 0 Å². The lowest BCUT2D eigenvalue weighted by Gasteiger charge is -2.34. The van der Waals surface area contributed by atoms with Gasteiger partial charge in [-0.3, -0.25) is 4.90 Å². The predicted molar refractivity (Wildman–Crippen MR) is 165 cm³/mol. The van der Waals surface area contributed by atoms with Gasteiger partial charge >= 0.3 is 6.03 Å². The summed E-state index contributed by atoms with van der Waals surface area (Å²) in [4.78, 5) is 26.8. The quantitative estimate of drug-likeness (QED) is 0.219. The summed E-state index contributed by atoms with van der Waals surface area (Å²) in [7, 11) is 2.06. The van der Waals surface area contributed by atoms with E-state index in [-0.39, 0.29) is 24.1 Å². The molecule has 2 aliphatic heterocycles.